The Morgan fingerprint density at radius 1 is 1.26 bits per heavy atom. The lowest BCUT2D eigenvalue weighted by Crippen LogP contribution is -2.24. The minimum absolute atomic E-state index is 0.156. The molecule has 1 aliphatic rings. The molecule has 0 saturated heterocycles. The van der Waals surface area contributed by atoms with Crippen LogP contribution in [0.4, 0.5) is 0 Å². The SMILES string of the molecule is CCC(C#N)CNCCc1ccc2c(c1)CCCC2. The van der Waals surface area contributed by atoms with Gasteiger partial charge in [-0.1, -0.05) is 25.1 Å². The highest BCUT2D eigenvalue weighted by Gasteiger charge is 2.09. The van der Waals surface area contributed by atoms with Gasteiger partial charge in [0.05, 0.1) is 12.0 Å². The molecule has 1 atom stereocenters. The number of rotatable bonds is 6. The quantitative estimate of drug-likeness (QED) is 0.793. The third kappa shape index (κ3) is 4.08. The van der Waals surface area contributed by atoms with Gasteiger partial charge in [0.2, 0.25) is 0 Å². The van der Waals surface area contributed by atoms with E-state index in [1.807, 2.05) is 0 Å². The van der Waals surface area contributed by atoms with E-state index in [0.717, 1.165) is 25.9 Å². The van der Waals surface area contributed by atoms with Gasteiger partial charge in [-0.3, -0.25) is 0 Å². The number of benzene rings is 1. The molecule has 0 aromatic heterocycles. The number of nitrogens with zero attached hydrogens (tertiary/aromatic N) is 1. The average molecular weight is 256 g/mol. The summed E-state index contributed by atoms with van der Waals surface area (Å²) in [4.78, 5) is 0. The summed E-state index contributed by atoms with van der Waals surface area (Å²) >= 11 is 0. The van der Waals surface area contributed by atoms with Crippen LogP contribution in [0.2, 0.25) is 0 Å². The molecule has 1 aromatic rings. The van der Waals surface area contributed by atoms with Crippen LogP contribution >= 0.6 is 0 Å². The zero-order valence-electron chi connectivity index (χ0n) is 11.9. The Morgan fingerprint density at radius 2 is 2.05 bits per heavy atom. The molecule has 0 bridgehead atoms. The summed E-state index contributed by atoms with van der Waals surface area (Å²) in [6, 6.07) is 9.30. The molecular formula is C17H24N2. The van der Waals surface area contributed by atoms with E-state index in [2.05, 4.69) is 36.5 Å². The van der Waals surface area contributed by atoms with E-state index in [9.17, 15) is 0 Å². The Balaban J connectivity index is 1.79. The van der Waals surface area contributed by atoms with Crippen molar-refractivity contribution in [3.05, 3.63) is 34.9 Å². The van der Waals surface area contributed by atoms with Gasteiger partial charge in [-0.2, -0.15) is 5.26 Å². The van der Waals surface area contributed by atoms with Crippen molar-refractivity contribution < 1.29 is 0 Å². The Bertz CT molecular complexity index is 445. The Kier molecular flexibility index (Phi) is 5.42. The first-order chi connectivity index (χ1) is 9.33. The molecule has 0 fully saturated rings. The fraction of sp³-hybridized carbons (Fsp3) is 0.588. The van der Waals surface area contributed by atoms with Crippen molar-refractivity contribution in [3.8, 4) is 6.07 Å². The second-order valence-corrected chi connectivity index (χ2v) is 5.50. The molecule has 0 amide bonds. The third-order valence-corrected chi connectivity index (χ3v) is 4.07. The molecule has 1 N–H and O–H groups in total. The van der Waals surface area contributed by atoms with Gasteiger partial charge in [0.25, 0.3) is 0 Å². The lowest BCUT2D eigenvalue weighted by molar-refractivity contribution is 0.554. The average Bonchev–Trinajstić information content (AvgIpc) is 2.47. The normalized spacial score (nSPS) is 15.6. The largest absolute Gasteiger partial charge is 0.315 e. The summed E-state index contributed by atoms with van der Waals surface area (Å²) in [6.45, 7) is 3.86. The van der Waals surface area contributed by atoms with Crippen molar-refractivity contribution in [2.24, 2.45) is 5.92 Å². The molecule has 2 nitrogen and oxygen atoms in total. The van der Waals surface area contributed by atoms with Crippen LogP contribution in [0.15, 0.2) is 18.2 Å². The van der Waals surface area contributed by atoms with Gasteiger partial charge in [0, 0.05) is 6.54 Å². The lowest BCUT2D eigenvalue weighted by atomic mass is 9.90. The molecule has 19 heavy (non-hydrogen) atoms. The number of hydrogen-bond acceptors (Lipinski definition) is 2. The predicted molar refractivity (Wildman–Crippen MR) is 79.1 cm³/mol. The fourth-order valence-electron chi connectivity index (χ4n) is 2.73. The Morgan fingerprint density at radius 3 is 2.79 bits per heavy atom. The van der Waals surface area contributed by atoms with Crippen molar-refractivity contribution in [2.45, 2.75) is 45.4 Å². The Labute approximate surface area is 116 Å². The maximum atomic E-state index is 8.88. The summed E-state index contributed by atoms with van der Waals surface area (Å²) in [5.41, 5.74) is 4.55. The van der Waals surface area contributed by atoms with E-state index in [4.69, 9.17) is 5.26 Å². The van der Waals surface area contributed by atoms with E-state index in [-0.39, 0.29) is 5.92 Å². The van der Waals surface area contributed by atoms with Crippen molar-refractivity contribution >= 4 is 0 Å². The first-order valence-corrected chi connectivity index (χ1v) is 7.54. The summed E-state index contributed by atoms with van der Waals surface area (Å²) in [5.74, 6) is 0.156. The number of aryl methyl sites for hydroxylation is 2. The molecule has 0 spiro atoms. The van der Waals surface area contributed by atoms with E-state index in [0.29, 0.717) is 0 Å². The monoisotopic (exact) mass is 256 g/mol. The standard InChI is InChI=1S/C17H24N2/c1-2-14(12-18)13-19-10-9-15-7-8-16-5-3-4-6-17(16)11-15/h7-8,11,14,19H,2-6,9-10,13H2,1H3. The molecule has 0 heterocycles. The molecule has 2 rings (SSSR count). The van der Waals surface area contributed by atoms with Crippen molar-refractivity contribution in [1.82, 2.24) is 5.32 Å². The molecule has 102 valence electrons. The number of nitriles is 1. The second kappa shape index (κ2) is 7.31. The van der Waals surface area contributed by atoms with Crippen LogP contribution in [0.1, 0.15) is 42.9 Å². The van der Waals surface area contributed by atoms with Gasteiger partial charge >= 0.3 is 0 Å². The molecule has 1 aromatic carbocycles. The van der Waals surface area contributed by atoms with E-state index in [1.165, 1.54) is 31.2 Å². The number of hydrogen-bond donors (Lipinski definition) is 1. The summed E-state index contributed by atoms with van der Waals surface area (Å²) in [5, 5.41) is 12.3. The van der Waals surface area contributed by atoms with Crippen molar-refractivity contribution in [1.29, 1.82) is 5.26 Å². The van der Waals surface area contributed by atoms with E-state index < -0.39 is 0 Å². The molecular weight excluding hydrogens is 232 g/mol. The maximum Gasteiger partial charge on any atom is 0.0669 e. The zero-order valence-corrected chi connectivity index (χ0v) is 11.9. The summed E-state index contributed by atoms with van der Waals surface area (Å²) in [6.07, 6.45) is 7.20. The predicted octanol–water partition coefficient (Wildman–Crippen LogP) is 3.25. The van der Waals surface area contributed by atoms with Gasteiger partial charge in [0.1, 0.15) is 0 Å². The zero-order chi connectivity index (χ0) is 13.5. The highest BCUT2D eigenvalue weighted by molar-refractivity contribution is 5.33. The summed E-state index contributed by atoms with van der Waals surface area (Å²) in [7, 11) is 0. The van der Waals surface area contributed by atoms with Gasteiger partial charge in [0.15, 0.2) is 0 Å². The first kappa shape index (κ1) is 14.1. The van der Waals surface area contributed by atoms with Crippen LogP contribution in [0.5, 0.6) is 0 Å². The lowest BCUT2D eigenvalue weighted by Gasteiger charge is -2.16. The van der Waals surface area contributed by atoms with Gasteiger partial charge < -0.3 is 5.32 Å². The van der Waals surface area contributed by atoms with Crippen LogP contribution in [-0.2, 0) is 19.3 Å². The van der Waals surface area contributed by atoms with Crippen LogP contribution in [0, 0.1) is 17.2 Å². The molecule has 1 unspecified atom stereocenters. The smallest absolute Gasteiger partial charge is 0.0669 e. The number of nitrogens with one attached hydrogen (secondary N) is 1. The van der Waals surface area contributed by atoms with E-state index in [1.54, 1.807) is 11.1 Å². The van der Waals surface area contributed by atoms with E-state index >= 15 is 0 Å². The van der Waals surface area contributed by atoms with Crippen LogP contribution < -0.4 is 5.32 Å². The maximum absolute atomic E-state index is 8.88. The Hall–Kier alpha value is -1.33. The van der Waals surface area contributed by atoms with Crippen molar-refractivity contribution in [2.75, 3.05) is 13.1 Å². The van der Waals surface area contributed by atoms with Crippen LogP contribution in [0.25, 0.3) is 0 Å². The van der Waals surface area contributed by atoms with Crippen LogP contribution in [0.3, 0.4) is 0 Å². The second-order valence-electron chi connectivity index (χ2n) is 5.50. The minimum Gasteiger partial charge on any atom is -0.315 e. The fourth-order valence-corrected chi connectivity index (χ4v) is 2.73. The highest BCUT2D eigenvalue weighted by atomic mass is 14.8. The molecule has 0 aliphatic heterocycles. The summed E-state index contributed by atoms with van der Waals surface area (Å²) < 4.78 is 0. The third-order valence-electron chi connectivity index (χ3n) is 4.07. The molecule has 1 aliphatic carbocycles. The first-order valence-electron chi connectivity index (χ1n) is 7.54. The van der Waals surface area contributed by atoms with Gasteiger partial charge in [-0.05, 0) is 61.8 Å². The van der Waals surface area contributed by atoms with Crippen LogP contribution in [-0.4, -0.2) is 13.1 Å². The molecule has 2 heteroatoms. The molecule has 0 radical (unpaired) electrons. The highest BCUT2D eigenvalue weighted by Crippen LogP contribution is 2.22. The van der Waals surface area contributed by atoms with Crippen molar-refractivity contribution in [3.63, 3.8) is 0 Å². The minimum atomic E-state index is 0.156. The molecule has 0 saturated carbocycles. The van der Waals surface area contributed by atoms with Gasteiger partial charge in [-0.15, -0.1) is 0 Å². The topological polar surface area (TPSA) is 35.8 Å². The number of fused-ring (bicyclic) bond motifs is 1. The van der Waals surface area contributed by atoms with Gasteiger partial charge in [-0.25, -0.2) is 0 Å².